The van der Waals surface area contributed by atoms with Gasteiger partial charge in [-0.05, 0) is 50.5 Å². The molecule has 2 N–H and O–H groups in total. The van der Waals surface area contributed by atoms with Gasteiger partial charge in [-0.15, -0.1) is 0 Å². The van der Waals surface area contributed by atoms with E-state index in [1.807, 2.05) is 31.2 Å². The van der Waals surface area contributed by atoms with Crippen LogP contribution in [0, 0.1) is 6.92 Å². The molecule has 1 aromatic carbocycles. The quantitative estimate of drug-likeness (QED) is 0.868. The number of carbonyl (C=O) groups excluding carboxylic acids is 1. The van der Waals surface area contributed by atoms with E-state index in [9.17, 15) is 4.79 Å². The van der Waals surface area contributed by atoms with Crippen LogP contribution >= 0.6 is 0 Å². The van der Waals surface area contributed by atoms with Crippen molar-refractivity contribution in [3.05, 3.63) is 36.1 Å². The van der Waals surface area contributed by atoms with E-state index in [0.29, 0.717) is 6.61 Å². The van der Waals surface area contributed by atoms with Crippen LogP contribution in [0.15, 0.2) is 30.5 Å². The van der Waals surface area contributed by atoms with Crippen LogP contribution in [0.2, 0.25) is 0 Å². The predicted octanol–water partition coefficient (Wildman–Crippen LogP) is 3.67. The molecule has 5 nitrogen and oxygen atoms in total. The zero-order chi connectivity index (χ0) is 15.1. The molecule has 1 amide bonds. The van der Waals surface area contributed by atoms with Gasteiger partial charge in [-0.1, -0.05) is 6.07 Å². The second-order valence-corrected chi connectivity index (χ2v) is 4.91. The molecule has 1 aliphatic rings. The number of benzene rings is 1. The lowest BCUT2D eigenvalue weighted by atomic mass is 10.1. The van der Waals surface area contributed by atoms with Gasteiger partial charge >= 0.3 is 6.09 Å². The van der Waals surface area contributed by atoms with Gasteiger partial charge in [-0.2, -0.15) is 0 Å². The first kappa shape index (κ1) is 15.2. The number of hydrogen-bond donors (Lipinski definition) is 2. The summed E-state index contributed by atoms with van der Waals surface area (Å²) in [6.45, 7) is 4.85. The minimum absolute atomic E-state index is 0.191. The zero-order valence-corrected chi connectivity index (χ0v) is 12.5. The van der Waals surface area contributed by atoms with Gasteiger partial charge in [0.2, 0.25) is 0 Å². The number of hydrogen-bond acceptors (Lipinski definition) is 4. The highest BCUT2D eigenvalue weighted by atomic mass is 16.5. The molecular formula is C16H22N2O3. The topological polar surface area (TPSA) is 59.6 Å². The summed E-state index contributed by atoms with van der Waals surface area (Å²) in [5, 5.41) is 6.12. The first-order valence-electron chi connectivity index (χ1n) is 7.28. The highest BCUT2D eigenvalue weighted by molar-refractivity contribution is 5.87. The fraction of sp³-hybridized carbons (Fsp3) is 0.438. The third-order valence-corrected chi connectivity index (χ3v) is 3.39. The molecule has 0 bridgehead atoms. The van der Waals surface area contributed by atoms with E-state index < -0.39 is 6.09 Å². The van der Waals surface area contributed by atoms with Crippen LogP contribution in [0.4, 0.5) is 16.2 Å². The molecule has 0 fully saturated rings. The zero-order valence-electron chi connectivity index (χ0n) is 12.5. The summed E-state index contributed by atoms with van der Waals surface area (Å²) in [5.74, 6) is 0. The van der Waals surface area contributed by atoms with Gasteiger partial charge in [0.25, 0.3) is 0 Å². The van der Waals surface area contributed by atoms with Crippen LogP contribution in [0.3, 0.4) is 0 Å². The van der Waals surface area contributed by atoms with Crippen LogP contribution in [0.5, 0.6) is 0 Å². The smallest absolute Gasteiger partial charge is 0.411 e. The van der Waals surface area contributed by atoms with Crippen LogP contribution in [0.1, 0.15) is 25.3 Å². The highest BCUT2D eigenvalue weighted by Crippen LogP contribution is 2.24. The van der Waals surface area contributed by atoms with Crippen molar-refractivity contribution in [1.29, 1.82) is 0 Å². The Bertz CT molecular complexity index is 514. The van der Waals surface area contributed by atoms with Crippen molar-refractivity contribution in [2.75, 3.05) is 23.8 Å². The Morgan fingerprint density at radius 3 is 2.95 bits per heavy atom. The van der Waals surface area contributed by atoms with E-state index in [2.05, 4.69) is 10.6 Å². The summed E-state index contributed by atoms with van der Waals surface area (Å²) < 4.78 is 10.4. The number of ether oxygens (including phenoxy) is 2. The van der Waals surface area contributed by atoms with Gasteiger partial charge < -0.3 is 14.8 Å². The molecule has 0 radical (unpaired) electrons. The number of anilines is 2. The van der Waals surface area contributed by atoms with E-state index >= 15 is 0 Å². The molecule has 0 saturated heterocycles. The maximum absolute atomic E-state index is 11.5. The molecule has 1 atom stereocenters. The maximum Gasteiger partial charge on any atom is 0.411 e. The lowest BCUT2D eigenvalue weighted by Gasteiger charge is -2.21. The number of nitrogens with one attached hydrogen (secondary N) is 2. The third-order valence-electron chi connectivity index (χ3n) is 3.39. The van der Waals surface area contributed by atoms with Crippen LogP contribution < -0.4 is 10.6 Å². The Labute approximate surface area is 125 Å². The maximum atomic E-state index is 11.5. The lowest BCUT2D eigenvalue weighted by Crippen LogP contribution is -2.23. The number of carbonyl (C=O) groups is 1. The first-order chi connectivity index (χ1) is 10.2. The summed E-state index contributed by atoms with van der Waals surface area (Å²) in [6.07, 6.45) is 5.63. The average molecular weight is 290 g/mol. The number of allylic oxidation sites excluding steroid dienone is 1. The van der Waals surface area contributed by atoms with Crippen molar-refractivity contribution in [3.63, 3.8) is 0 Å². The third kappa shape index (κ3) is 4.41. The molecule has 114 valence electrons. The predicted molar refractivity (Wildman–Crippen MR) is 83.6 cm³/mol. The lowest BCUT2D eigenvalue weighted by molar-refractivity contribution is 0.135. The fourth-order valence-corrected chi connectivity index (χ4v) is 2.20. The van der Waals surface area contributed by atoms with Crippen LogP contribution in [-0.2, 0) is 9.47 Å². The minimum Gasteiger partial charge on any atom is -0.497 e. The van der Waals surface area contributed by atoms with Crippen molar-refractivity contribution in [1.82, 2.24) is 0 Å². The van der Waals surface area contributed by atoms with Crippen molar-refractivity contribution < 1.29 is 14.3 Å². The van der Waals surface area contributed by atoms with Gasteiger partial charge in [0, 0.05) is 11.4 Å². The molecule has 0 unspecified atom stereocenters. The fourth-order valence-electron chi connectivity index (χ4n) is 2.20. The van der Waals surface area contributed by atoms with Crippen molar-refractivity contribution in [2.24, 2.45) is 0 Å². The van der Waals surface area contributed by atoms with E-state index in [4.69, 9.17) is 9.47 Å². The normalized spacial score (nSPS) is 17.0. The largest absolute Gasteiger partial charge is 0.497 e. The molecule has 5 heteroatoms. The van der Waals surface area contributed by atoms with Crippen molar-refractivity contribution in [3.8, 4) is 0 Å². The molecule has 0 aliphatic carbocycles. The Morgan fingerprint density at radius 2 is 2.24 bits per heavy atom. The van der Waals surface area contributed by atoms with Gasteiger partial charge in [0.1, 0.15) is 6.10 Å². The number of amides is 1. The van der Waals surface area contributed by atoms with Crippen LogP contribution in [-0.4, -0.2) is 25.3 Å². The van der Waals surface area contributed by atoms with E-state index in [-0.39, 0.29) is 6.10 Å². The van der Waals surface area contributed by atoms with Gasteiger partial charge in [0.05, 0.1) is 19.4 Å². The molecule has 1 heterocycles. The summed E-state index contributed by atoms with van der Waals surface area (Å²) in [5.41, 5.74) is 2.72. The highest BCUT2D eigenvalue weighted by Gasteiger charge is 2.12. The molecule has 0 aromatic heterocycles. The van der Waals surface area contributed by atoms with E-state index in [1.54, 1.807) is 13.2 Å². The van der Waals surface area contributed by atoms with Crippen molar-refractivity contribution >= 4 is 17.5 Å². The molecule has 2 rings (SSSR count). The monoisotopic (exact) mass is 290 g/mol. The van der Waals surface area contributed by atoms with Gasteiger partial charge in [0.15, 0.2) is 0 Å². The second kappa shape index (κ2) is 7.57. The van der Waals surface area contributed by atoms with E-state index in [1.165, 1.54) is 0 Å². The Morgan fingerprint density at radius 1 is 1.43 bits per heavy atom. The Hall–Kier alpha value is -2.17. The SMILES string of the molecule is CCOC(=O)Nc1cccc(NC[C@H]2CCC=CO2)c1C. The summed E-state index contributed by atoms with van der Waals surface area (Å²) in [6, 6.07) is 5.75. The van der Waals surface area contributed by atoms with Crippen molar-refractivity contribution in [2.45, 2.75) is 32.8 Å². The molecular weight excluding hydrogens is 268 g/mol. The molecule has 1 aliphatic heterocycles. The summed E-state index contributed by atoms with van der Waals surface area (Å²) in [7, 11) is 0. The molecule has 0 saturated carbocycles. The summed E-state index contributed by atoms with van der Waals surface area (Å²) in [4.78, 5) is 11.5. The number of rotatable bonds is 5. The van der Waals surface area contributed by atoms with Gasteiger partial charge in [-0.25, -0.2) is 4.79 Å². The summed E-state index contributed by atoms with van der Waals surface area (Å²) >= 11 is 0. The Kier molecular flexibility index (Phi) is 5.49. The second-order valence-electron chi connectivity index (χ2n) is 4.91. The minimum atomic E-state index is -0.432. The van der Waals surface area contributed by atoms with Gasteiger partial charge in [-0.3, -0.25) is 5.32 Å². The first-order valence-corrected chi connectivity index (χ1v) is 7.28. The molecule has 21 heavy (non-hydrogen) atoms. The molecule has 0 spiro atoms. The van der Waals surface area contributed by atoms with E-state index in [0.717, 1.165) is 36.3 Å². The average Bonchev–Trinajstić information content (AvgIpc) is 2.49. The molecule has 1 aromatic rings. The standard InChI is InChI=1S/C16H22N2O3/c1-3-20-16(19)18-15-9-6-8-14(12(15)2)17-11-13-7-4-5-10-21-13/h5-6,8-10,13,17H,3-4,7,11H2,1-2H3,(H,18,19)/t13-/m1/s1. The Balaban J connectivity index is 1.96. The van der Waals surface area contributed by atoms with Crippen LogP contribution in [0.25, 0.3) is 0 Å².